The van der Waals surface area contributed by atoms with E-state index in [1.54, 1.807) is 42.5 Å². The molecule has 2 aliphatic rings. The molecule has 0 spiro atoms. The van der Waals surface area contributed by atoms with Crippen LogP contribution in [0.15, 0.2) is 77.7 Å². The number of morpholine rings is 1. The number of carbonyl (C=O) groups excluding carboxylic acids is 1. The van der Waals surface area contributed by atoms with Crippen molar-refractivity contribution in [3.8, 4) is 5.75 Å². The molecule has 0 aliphatic carbocycles. The van der Waals surface area contributed by atoms with Gasteiger partial charge in [-0.15, -0.1) is 0 Å². The Morgan fingerprint density at radius 2 is 1.68 bits per heavy atom. The number of nitrogens with zero attached hydrogens (tertiary/aromatic N) is 2. The molecule has 0 saturated carbocycles. The molecule has 3 aromatic carbocycles. The number of fused-ring (bicyclic) bond motifs is 1. The lowest BCUT2D eigenvalue weighted by Crippen LogP contribution is -2.50. The number of ether oxygens (including phenoxy) is 2. The Morgan fingerprint density at radius 3 is 2.41 bits per heavy atom. The maximum absolute atomic E-state index is 13.5. The van der Waals surface area contributed by atoms with Gasteiger partial charge in [0.25, 0.3) is 15.9 Å². The van der Waals surface area contributed by atoms with E-state index in [2.05, 4.69) is 22.3 Å². The number of hydrogen-bond donors (Lipinski definition) is 1. The van der Waals surface area contributed by atoms with Crippen molar-refractivity contribution in [3.05, 3.63) is 89.5 Å². The number of anilines is 1. The lowest BCUT2D eigenvalue weighted by atomic mass is 10.1. The monoisotopic (exact) mass is 521 g/mol. The molecule has 0 bridgehead atoms. The molecule has 2 heterocycles. The number of nitrogens with one attached hydrogen (secondary N) is 1. The fourth-order valence-corrected chi connectivity index (χ4v) is 6.02. The Labute approximate surface area is 217 Å². The third kappa shape index (κ3) is 5.79. The summed E-state index contributed by atoms with van der Waals surface area (Å²) in [6, 6.07) is 21.7. The van der Waals surface area contributed by atoms with Crippen molar-refractivity contribution < 1.29 is 22.7 Å². The number of carbonyl (C=O) groups is 1. The number of amides is 1. The van der Waals surface area contributed by atoms with Crippen molar-refractivity contribution in [1.29, 1.82) is 0 Å². The van der Waals surface area contributed by atoms with Gasteiger partial charge in [-0.1, -0.05) is 48.5 Å². The molecule has 1 saturated heterocycles. The van der Waals surface area contributed by atoms with Crippen LogP contribution in [0, 0.1) is 6.92 Å². The summed E-state index contributed by atoms with van der Waals surface area (Å²) in [4.78, 5) is 15.7. The van der Waals surface area contributed by atoms with Crippen LogP contribution in [0.1, 0.15) is 16.7 Å². The fourth-order valence-electron chi connectivity index (χ4n) is 4.53. The minimum absolute atomic E-state index is 0.113. The second kappa shape index (κ2) is 10.9. The molecule has 3 aromatic rings. The zero-order valence-electron chi connectivity index (χ0n) is 20.8. The first-order chi connectivity index (χ1) is 17.9. The van der Waals surface area contributed by atoms with E-state index in [0.717, 1.165) is 44.0 Å². The summed E-state index contributed by atoms with van der Waals surface area (Å²) in [6.07, 6.45) is -0.978. The molecule has 1 amide bonds. The summed E-state index contributed by atoms with van der Waals surface area (Å²) in [5.41, 5.74) is 3.50. The van der Waals surface area contributed by atoms with Gasteiger partial charge in [-0.2, -0.15) is 0 Å². The standard InChI is InChI=1S/C28H31N3O5S/c1-21-7-12-25-26(17-21)36-27(20-31(25)37(33,34)24-5-3-2-4-6-24)28(32)29-18-22-8-10-23(11-9-22)19-30-13-15-35-16-14-30/h2-12,17,27H,13-16,18-20H2,1H3,(H,29,32)/t27-/m1/s1. The van der Waals surface area contributed by atoms with E-state index in [-0.39, 0.29) is 17.3 Å². The maximum atomic E-state index is 13.5. The lowest BCUT2D eigenvalue weighted by Gasteiger charge is -2.35. The van der Waals surface area contributed by atoms with Gasteiger partial charge in [0.1, 0.15) is 5.75 Å². The first-order valence-corrected chi connectivity index (χ1v) is 13.8. The van der Waals surface area contributed by atoms with Gasteiger partial charge >= 0.3 is 0 Å². The third-order valence-corrected chi connectivity index (χ3v) is 8.40. The van der Waals surface area contributed by atoms with E-state index in [4.69, 9.17) is 9.47 Å². The first-order valence-electron chi connectivity index (χ1n) is 12.4. The quantitative estimate of drug-likeness (QED) is 0.514. The number of aryl methyl sites for hydroxylation is 1. The number of sulfonamides is 1. The van der Waals surface area contributed by atoms with Crippen molar-refractivity contribution in [2.45, 2.75) is 31.0 Å². The second-order valence-electron chi connectivity index (χ2n) is 9.35. The maximum Gasteiger partial charge on any atom is 0.264 e. The Morgan fingerprint density at radius 1 is 0.973 bits per heavy atom. The number of rotatable bonds is 7. The van der Waals surface area contributed by atoms with Gasteiger partial charge in [-0.05, 0) is 47.9 Å². The molecule has 9 heteroatoms. The molecule has 1 atom stereocenters. The van der Waals surface area contributed by atoms with Crippen molar-refractivity contribution in [1.82, 2.24) is 10.2 Å². The van der Waals surface area contributed by atoms with Crippen LogP contribution in [-0.2, 0) is 32.6 Å². The number of hydrogen-bond acceptors (Lipinski definition) is 6. The largest absolute Gasteiger partial charge is 0.476 e. The van der Waals surface area contributed by atoms with E-state index >= 15 is 0 Å². The highest BCUT2D eigenvalue weighted by Crippen LogP contribution is 2.37. The van der Waals surface area contributed by atoms with Crippen LogP contribution in [0.2, 0.25) is 0 Å². The molecule has 2 aliphatic heterocycles. The van der Waals surface area contributed by atoms with E-state index in [1.165, 1.54) is 9.87 Å². The van der Waals surface area contributed by atoms with E-state index in [0.29, 0.717) is 18.0 Å². The molecular weight excluding hydrogens is 490 g/mol. The predicted molar refractivity (Wildman–Crippen MR) is 141 cm³/mol. The molecule has 194 valence electrons. The average molecular weight is 522 g/mol. The Hall–Kier alpha value is -3.40. The molecule has 1 N–H and O–H groups in total. The predicted octanol–water partition coefficient (Wildman–Crippen LogP) is 3.10. The van der Waals surface area contributed by atoms with Gasteiger partial charge in [0.05, 0.1) is 30.3 Å². The molecule has 5 rings (SSSR count). The summed E-state index contributed by atoms with van der Waals surface area (Å²) in [6.45, 7) is 6.36. The van der Waals surface area contributed by atoms with Gasteiger partial charge in [0.15, 0.2) is 6.10 Å². The van der Waals surface area contributed by atoms with Crippen molar-refractivity contribution >= 4 is 21.6 Å². The minimum atomic E-state index is -3.88. The van der Waals surface area contributed by atoms with Gasteiger partial charge in [0.2, 0.25) is 0 Å². The molecule has 0 radical (unpaired) electrons. The van der Waals surface area contributed by atoms with E-state index in [9.17, 15) is 13.2 Å². The molecule has 0 aromatic heterocycles. The van der Waals surface area contributed by atoms with Crippen molar-refractivity contribution in [2.75, 3.05) is 37.2 Å². The SMILES string of the molecule is Cc1ccc2c(c1)O[C@@H](C(=O)NCc1ccc(CN3CCOCC3)cc1)CN2S(=O)(=O)c1ccccc1. The molecule has 8 nitrogen and oxygen atoms in total. The zero-order valence-corrected chi connectivity index (χ0v) is 21.6. The highest BCUT2D eigenvalue weighted by molar-refractivity contribution is 7.92. The molecular formula is C28H31N3O5S. The van der Waals surface area contributed by atoms with Crippen LogP contribution >= 0.6 is 0 Å². The van der Waals surface area contributed by atoms with E-state index < -0.39 is 16.1 Å². The third-order valence-electron chi connectivity index (χ3n) is 6.61. The van der Waals surface area contributed by atoms with Gasteiger partial charge < -0.3 is 14.8 Å². The normalized spacial score (nSPS) is 18.1. The fraction of sp³-hybridized carbons (Fsp3) is 0.321. The van der Waals surface area contributed by atoms with Crippen LogP contribution in [-0.4, -0.2) is 58.2 Å². The lowest BCUT2D eigenvalue weighted by molar-refractivity contribution is -0.127. The molecule has 37 heavy (non-hydrogen) atoms. The van der Waals surface area contributed by atoms with Crippen molar-refractivity contribution in [3.63, 3.8) is 0 Å². The average Bonchev–Trinajstić information content (AvgIpc) is 2.92. The topological polar surface area (TPSA) is 88.2 Å². The van der Waals surface area contributed by atoms with Crippen LogP contribution in [0.3, 0.4) is 0 Å². The Bertz CT molecular complexity index is 1340. The highest BCUT2D eigenvalue weighted by Gasteiger charge is 2.37. The summed E-state index contributed by atoms with van der Waals surface area (Å²) in [5.74, 6) is 0.0104. The van der Waals surface area contributed by atoms with Gasteiger partial charge in [0, 0.05) is 26.2 Å². The Kier molecular flexibility index (Phi) is 7.45. The highest BCUT2D eigenvalue weighted by atomic mass is 32.2. The van der Waals surface area contributed by atoms with Crippen LogP contribution in [0.25, 0.3) is 0 Å². The van der Waals surface area contributed by atoms with Crippen LogP contribution in [0.5, 0.6) is 5.75 Å². The second-order valence-corrected chi connectivity index (χ2v) is 11.2. The van der Waals surface area contributed by atoms with Crippen LogP contribution in [0.4, 0.5) is 5.69 Å². The van der Waals surface area contributed by atoms with Gasteiger partial charge in [-0.25, -0.2) is 8.42 Å². The minimum Gasteiger partial charge on any atom is -0.476 e. The van der Waals surface area contributed by atoms with Crippen molar-refractivity contribution in [2.24, 2.45) is 0 Å². The summed E-state index contributed by atoms with van der Waals surface area (Å²) in [7, 11) is -3.88. The number of benzene rings is 3. The van der Waals surface area contributed by atoms with E-state index in [1.807, 2.05) is 25.1 Å². The van der Waals surface area contributed by atoms with Gasteiger partial charge in [-0.3, -0.25) is 14.0 Å². The molecule has 0 unspecified atom stereocenters. The first kappa shape index (κ1) is 25.3. The smallest absolute Gasteiger partial charge is 0.264 e. The Balaban J connectivity index is 1.27. The summed E-state index contributed by atoms with van der Waals surface area (Å²) >= 11 is 0. The summed E-state index contributed by atoms with van der Waals surface area (Å²) < 4.78 is 39.6. The zero-order chi connectivity index (χ0) is 25.8. The van der Waals surface area contributed by atoms with Crippen LogP contribution < -0.4 is 14.4 Å². The summed E-state index contributed by atoms with van der Waals surface area (Å²) in [5, 5.41) is 2.91. The molecule has 1 fully saturated rings.